The molecule has 1 amide bonds. The van der Waals surface area contributed by atoms with Gasteiger partial charge < -0.3 is 19.0 Å². The van der Waals surface area contributed by atoms with Gasteiger partial charge in [-0.15, -0.1) is 0 Å². The van der Waals surface area contributed by atoms with Gasteiger partial charge in [-0.25, -0.2) is 4.79 Å². The molecule has 0 spiro atoms. The second-order valence-corrected chi connectivity index (χ2v) is 10.1. The lowest BCUT2D eigenvalue weighted by atomic mass is 9.95. The summed E-state index contributed by atoms with van der Waals surface area (Å²) in [5.74, 6) is -0.825. The van der Waals surface area contributed by atoms with Crippen LogP contribution in [0.2, 0.25) is 0 Å². The SMILES string of the molecule is CCOC(=O)CC(CNC(=O)OC(C)(C)C)c1cccc(OS(=O)(=O)c2ccc(C)cc2)c1. The molecule has 180 valence electrons. The smallest absolute Gasteiger partial charge is 0.407 e. The highest BCUT2D eigenvalue weighted by molar-refractivity contribution is 7.87. The van der Waals surface area contributed by atoms with E-state index in [1.807, 2.05) is 6.92 Å². The summed E-state index contributed by atoms with van der Waals surface area (Å²) in [7, 11) is -4.03. The summed E-state index contributed by atoms with van der Waals surface area (Å²) in [4.78, 5) is 24.3. The Hall–Kier alpha value is -3.07. The Labute approximate surface area is 195 Å². The molecule has 0 aliphatic rings. The molecule has 9 heteroatoms. The summed E-state index contributed by atoms with van der Waals surface area (Å²) in [6, 6.07) is 12.7. The van der Waals surface area contributed by atoms with E-state index in [4.69, 9.17) is 13.7 Å². The Morgan fingerprint density at radius 1 is 1.06 bits per heavy atom. The zero-order chi connectivity index (χ0) is 24.6. The molecule has 1 unspecified atom stereocenters. The van der Waals surface area contributed by atoms with E-state index in [1.165, 1.54) is 24.3 Å². The number of hydrogen-bond donors (Lipinski definition) is 1. The van der Waals surface area contributed by atoms with Crippen molar-refractivity contribution in [2.45, 2.75) is 57.5 Å². The van der Waals surface area contributed by atoms with E-state index in [0.29, 0.717) is 5.56 Å². The number of esters is 1. The lowest BCUT2D eigenvalue weighted by Gasteiger charge is -2.22. The van der Waals surface area contributed by atoms with Crippen molar-refractivity contribution in [1.29, 1.82) is 0 Å². The molecule has 0 fully saturated rings. The number of carbonyl (C=O) groups is 2. The van der Waals surface area contributed by atoms with Gasteiger partial charge in [0.15, 0.2) is 0 Å². The fourth-order valence-corrected chi connectivity index (χ4v) is 3.87. The van der Waals surface area contributed by atoms with Crippen LogP contribution in [0, 0.1) is 6.92 Å². The van der Waals surface area contributed by atoms with Crippen molar-refractivity contribution in [2.24, 2.45) is 0 Å². The number of amides is 1. The lowest BCUT2D eigenvalue weighted by Crippen LogP contribution is -2.35. The first-order valence-electron chi connectivity index (χ1n) is 10.6. The van der Waals surface area contributed by atoms with Gasteiger partial charge in [0.2, 0.25) is 0 Å². The minimum Gasteiger partial charge on any atom is -0.466 e. The zero-order valence-corrected chi connectivity index (χ0v) is 20.4. The summed E-state index contributed by atoms with van der Waals surface area (Å²) in [5, 5.41) is 2.66. The largest absolute Gasteiger partial charge is 0.466 e. The normalized spacial score (nSPS) is 12.5. The van der Waals surface area contributed by atoms with Gasteiger partial charge in [-0.1, -0.05) is 29.8 Å². The molecule has 0 radical (unpaired) electrons. The highest BCUT2D eigenvalue weighted by Crippen LogP contribution is 2.26. The number of aryl methyl sites for hydroxylation is 1. The standard InChI is InChI=1S/C24H31NO7S/c1-6-30-22(26)15-19(16-25-23(27)31-24(3,4)5)18-8-7-9-20(14-18)32-33(28,29)21-12-10-17(2)11-13-21/h7-14,19H,6,15-16H2,1-5H3,(H,25,27). The monoisotopic (exact) mass is 477 g/mol. The molecule has 0 saturated carbocycles. The molecule has 2 aromatic carbocycles. The maximum absolute atomic E-state index is 12.6. The third-order valence-electron chi connectivity index (χ3n) is 4.46. The van der Waals surface area contributed by atoms with Crippen molar-refractivity contribution < 1.29 is 31.7 Å². The molecular formula is C24H31NO7S. The van der Waals surface area contributed by atoms with Gasteiger partial charge in [0.1, 0.15) is 16.2 Å². The van der Waals surface area contributed by atoms with Crippen LogP contribution in [0.15, 0.2) is 53.4 Å². The number of ether oxygens (including phenoxy) is 2. The second kappa shape index (κ2) is 11.2. The lowest BCUT2D eigenvalue weighted by molar-refractivity contribution is -0.143. The minimum atomic E-state index is -4.03. The fourth-order valence-electron chi connectivity index (χ4n) is 2.95. The van der Waals surface area contributed by atoms with E-state index in [0.717, 1.165) is 5.56 Å². The van der Waals surface area contributed by atoms with Crippen LogP contribution in [-0.2, 0) is 24.4 Å². The molecule has 8 nitrogen and oxygen atoms in total. The Morgan fingerprint density at radius 3 is 2.33 bits per heavy atom. The van der Waals surface area contributed by atoms with E-state index < -0.39 is 33.7 Å². The number of rotatable bonds is 9. The summed E-state index contributed by atoms with van der Waals surface area (Å²) < 4.78 is 40.9. The average Bonchev–Trinajstić information content (AvgIpc) is 2.70. The van der Waals surface area contributed by atoms with Gasteiger partial charge in [0.05, 0.1) is 13.0 Å². The Kier molecular flexibility index (Phi) is 8.87. The third-order valence-corrected chi connectivity index (χ3v) is 5.72. The molecule has 2 aromatic rings. The van der Waals surface area contributed by atoms with Crippen LogP contribution in [0.25, 0.3) is 0 Å². The van der Waals surface area contributed by atoms with E-state index >= 15 is 0 Å². The first-order chi connectivity index (χ1) is 15.4. The van der Waals surface area contributed by atoms with Crippen molar-refractivity contribution in [1.82, 2.24) is 5.32 Å². The van der Waals surface area contributed by atoms with Crippen LogP contribution in [0.3, 0.4) is 0 Å². The molecule has 1 atom stereocenters. The number of alkyl carbamates (subject to hydrolysis) is 1. The molecule has 0 aliphatic heterocycles. The second-order valence-electron chi connectivity index (χ2n) is 8.51. The fraction of sp³-hybridized carbons (Fsp3) is 0.417. The Morgan fingerprint density at radius 2 is 1.73 bits per heavy atom. The third kappa shape index (κ3) is 8.76. The van der Waals surface area contributed by atoms with Crippen LogP contribution in [0.4, 0.5) is 4.79 Å². The summed E-state index contributed by atoms with van der Waals surface area (Å²) in [6.07, 6.45) is -0.636. The summed E-state index contributed by atoms with van der Waals surface area (Å²) in [5.41, 5.74) is 0.865. The van der Waals surface area contributed by atoms with Crippen molar-refractivity contribution in [2.75, 3.05) is 13.2 Å². The number of hydrogen-bond acceptors (Lipinski definition) is 7. The molecule has 0 heterocycles. The number of nitrogens with one attached hydrogen (secondary N) is 1. The molecule has 2 rings (SSSR count). The van der Waals surface area contributed by atoms with E-state index in [1.54, 1.807) is 52.0 Å². The van der Waals surface area contributed by atoms with E-state index in [2.05, 4.69) is 5.32 Å². The van der Waals surface area contributed by atoms with Crippen LogP contribution in [0.5, 0.6) is 5.75 Å². The van der Waals surface area contributed by atoms with E-state index in [9.17, 15) is 18.0 Å². The number of benzene rings is 2. The average molecular weight is 478 g/mol. The van der Waals surface area contributed by atoms with Crippen LogP contribution >= 0.6 is 0 Å². The predicted octanol–water partition coefficient (Wildman–Crippen LogP) is 4.32. The van der Waals surface area contributed by atoms with Gasteiger partial charge >= 0.3 is 22.2 Å². The van der Waals surface area contributed by atoms with Gasteiger partial charge in [0.25, 0.3) is 0 Å². The first-order valence-corrected chi connectivity index (χ1v) is 12.0. The van der Waals surface area contributed by atoms with Crippen LogP contribution in [0.1, 0.15) is 51.2 Å². The van der Waals surface area contributed by atoms with Crippen LogP contribution < -0.4 is 9.50 Å². The van der Waals surface area contributed by atoms with Gasteiger partial charge in [-0.05, 0) is 64.4 Å². The molecule has 0 aromatic heterocycles. The van der Waals surface area contributed by atoms with Gasteiger partial charge in [-0.2, -0.15) is 8.42 Å². The maximum Gasteiger partial charge on any atom is 0.407 e. The van der Waals surface area contributed by atoms with Gasteiger partial charge in [0, 0.05) is 12.5 Å². The topological polar surface area (TPSA) is 108 Å². The molecule has 1 N–H and O–H groups in total. The van der Waals surface area contributed by atoms with E-state index in [-0.39, 0.29) is 30.2 Å². The molecule has 0 saturated heterocycles. The first kappa shape index (κ1) is 26.2. The molecule has 0 aliphatic carbocycles. The molecule has 0 bridgehead atoms. The van der Waals surface area contributed by atoms with Gasteiger partial charge in [-0.3, -0.25) is 4.79 Å². The molecule has 33 heavy (non-hydrogen) atoms. The highest BCUT2D eigenvalue weighted by atomic mass is 32.2. The minimum absolute atomic E-state index is 0.0161. The Balaban J connectivity index is 2.22. The summed E-state index contributed by atoms with van der Waals surface area (Å²) in [6.45, 7) is 9.12. The maximum atomic E-state index is 12.6. The summed E-state index contributed by atoms with van der Waals surface area (Å²) >= 11 is 0. The quantitative estimate of drug-likeness (QED) is 0.423. The van der Waals surface area contributed by atoms with Crippen molar-refractivity contribution in [3.8, 4) is 5.75 Å². The zero-order valence-electron chi connectivity index (χ0n) is 19.6. The highest BCUT2D eigenvalue weighted by Gasteiger charge is 2.22. The Bertz CT molecular complexity index is 1060. The van der Waals surface area contributed by atoms with Crippen molar-refractivity contribution in [3.63, 3.8) is 0 Å². The van der Waals surface area contributed by atoms with Crippen molar-refractivity contribution >= 4 is 22.2 Å². The number of carbonyl (C=O) groups excluding carboxylic acids is 2. The molecular weight excluding hydrogens is 446 g/mol. The van der Waals surface area contributed by atoms with Crippen LogP contribution in [-0.4, -0.2) is 39.2 Å². The predicted molar refractivity (Wildman–Crippen MR) is 124 cm³/mol. The van der Waals surface area contributed by atoms with Crippen molar-refractivity contribution in [3.05, 3.63) is 59.7 Å².